The SMILES string of the molecule is CC(=O)N1CCc2cccc(NC(=O)N(C)[C@H]3CCN(C)C[C@@H]3C)c21. The minimum Gasteiger partial charge on any atom is -0.324 e. The lowest BCUT2D eigenvalue weighted by Gasteiger charge is -2.40. The largest absolute Gasteiger partial charge is 0.324 e. The van der Waals surface area contributed by atoms with Gasteiger partial charge < -0.3 is 20.0 Å². The summed E-state index contributed by atoms with van der Waals surface area (Å²) < 4.78 is 0. The number of hydrogen-bond acceptors (Lipinski definition) is 3. The van der Waals surface area contributed by atoms with Crippen LogP contribution in [0.15, 0.2) is 18.2 Å². The number of amides is 3. The van der Waals surface area contributed by atoms with Crippen LogP contribution in [0, 0.1) is 5.92 Å². The van der Waals surface area contributed by atoms with Gasteiger partial charge >= 0.3 is 6.03 Å². The van der Waals surface area contributed by atoms with Crippen LogP contribution >= 0.6 is 0 Å². The molecule has 0 aliphatic carbocycles. The Labute approximate surface area is 149 Å². The molecule has 1 saturated heterocycles. The summed E-state index contributed by atoms with van der Waals surface area (Å²) in [5.74, 6) is 0.447. The van der Waals surface area contributed by atoms with Gasteiger partial charge in [-0.2, -0.15) is 0 Å². The van der Waals surface area contributed by atoms with E-state index in [2.05, 4.69) is 24.2 Å². The number of piperidine rings is 1. The number of fused-ring (bicyclic) bond motifs is 1. The fourth-order valence-electron chi connectivity index (χ4n) is 4.14. The molecule has 0 aromatic heterocycles. The van der Waals surface area contributed by atoms with Crippen LogP contribution in [0.1, 0.15) is 25.8 Å². The Morgan fingerprint density at radius 3 is 2.72 bits per heavy atom. The maximum absolute atomic E-state index is 12.8. The normalized spacial score (nSPS) is 23.3. The Kier molecular flexibility index (Phi) is 4.99. The number of para-hydroxylation sites is 1. The molecule has 2 aliphatic heterocycles. The van der Waals surface area contributed by atoms with Crippen molar-refractivity contribution in [1.29, 1.82) is 0 Å². The molecule has 0 saturated carbocycles. The minimum atomic E-state index is -0.106. The van der Waals surface area contributed by atoms with Crippen LogP contribution in [0.5, 0.6) is 0 Å². The van der Waals surface area contributed by atoms with Crippen LogP contribution in [0.2, 0.25) is 0 Å². The van der Waals surface area contributed by atoms with E-state index in [1.165, 1.54) is 0 Å². The molecule has 136 valence electrons. The van der Waals surface area contributed by atoms with E-state index in [0.717, 1.165) is 42.9 Å². The number of urea groups is 1. The van der Waals surface area contributed by atoms with Crippen molar-refractivity contribution in [2.45, 2.75) is 32.7 Å². The molecule has 1 N–H and O–H groups in total. The highest BCUT2D eigenvalue weighted by Crippen LogP contribution is 2.36. The van der Waals surface area contributed by atoms with Gasteiger partial charge in [-0.15, -0.1) is 0 Å². The number of carbonyl (C=O) groups is 2. The predicted octanol–water partition coefficient (Wildman–Crippen LogP) is 2.40. The molecule has 0 radical (unpaired) electrons. The first-order valence-corrected chi connectivity index (χ1v) is 9.01. The number of anilines is 2. The first-order chi connectivity index (χ1) is 11.9. The lowest BCUT2D eigenvalue weighted by molar-refractivity contribution is -0.116. The molecule has 0 bridgehead atoms. The van der Waals surface area contributed by atoms with Crippen molar-refractivity contribution >= 4 is 23.3 Å². The summed E-state index contributed by atoms with van der Waals surface area (Å²) in [5, 5.41) is 3.04. The topological polar surface area (TPSA) is 55.9 Å². The lowest BCUT2D eigenvalue weighted by Crippen LogP contribution is -2.50. The highest BCUT2D eigenvalue weighted by atomic mass is 16.2. The molecule has 25 heavy (non-hydrogen) atoms. The minimum absolute atomic E-state index is 0.0118. The molecular weight excluding hydrogens is 316 g/mol. The number of nitrogens with zero attached hydrogens (tertiary/aromatic N) is 3. The number of benzene rings is 1. The highest BCUT2D eigenvalue weighted by molar-refractivity contribution is 6.02. The standard InChI is InChI=1S/C19H28N4O2/c1-13-12-21(3)10-9-17(13)22(4)19(25)20-16-7-5-6-15-8-11-23(14(2)24)18(15)16/h5-7,13,17H,8-12H2,1-4H3,(H,20,25)/t13-,17-/m0/s1. The van der Waals surface area contributed by atoms with Crippen LogP contribution in [-0.4, -0.2) is 61.5 Å². The van der Waals surface area contributed by atoms with Crippen LogP contribution in [0.3, 0.4) is 0 Å². The highest BCUT2D eigenvalue weighted by Gasteiger charge is 2.31. The van der Waals surface area contributed by atoms with Gasteiger partial charge in [-0.05, 0) is 44.0 Å². The van der Waals surface area contributed by atoms with Crippen molar-refractivity contribution in [3.05, 3.63) is 23.8 Å². The van der Waals surface area contributed by atoms with E-state index in [0.29, 0.717) is 12.5 Å². The molecule has 6 nitrogen and oxygen atoms in total. The zero-order chi connectivity index (χ0) is 18.1. The third kappa shape index (κ3) is 3.49. The molecule has 3 rings (SSSR count). The molecule has 2 heterocycles. The first kappa shape index (κ1) is 17.7. The fourth-order valence-corrected chi connectivity index (χ4v) is 4.14. The summed E-state index contributed by atoms with van der Waals surface area (Å²) in [7, 11) is 3.99. The van der Waals surface area contributed by atoms with E-state index in [1.807, 2.05) is 30.1 Å². The van der Waals surface area contributed by atoms with Crippen molar-refractivity contribution in [2.24, 2.45) is 5.92 Å². The second kappa shape index (κ2) is 7.04. The van der Waals surface area contributed by atoms with Crippen molar-refractivity contribution in [2.75, 3.05) is 43.9 Å². The number of rotatable bonds is 2. The summed E-state index contributed by atoms with van der Waals surface area (Å²) in [6.07, 6.45) is 1.81. The van der Waals surface area contributed by atoms with Crippen molar-refractivity contribution < 1.29 is 9.59 Å². The monoisotopic (exact) mass is 344 g/mol. The maximum Gasteiger partial charge on any atom is 0.321 e. The van der Waals surface area contributed by atoms with E-state index >= 15 is 0 Å². The van der Waals surface area contributed by atoms with Gasteiger partial charge in [0.1, 0.15) is 0 Å². The van der Waals surface area contributed by atoms with Gasteiger partial charge in [0.2, 0.25) is 5.91 Å². The molecule has 1 aromatic carbocycles. The summed E-state index contributed by atoms with van der Waals surface area (Å²) in [6, 6.07) is 5.97. The molecular formula is C19H28N4O2. The van der Waals surface area contributed by atoms with E-state index < -0.39 is 0 Å². The second-order valence-electron chi connectivity index (χ2n) is 7.37. The van der Waals surface area contributed by atoms with E-state index in [9.17, 15) is 9.59 Å². The fraction of sp³-hybridized carbons (Fsp3) is 0.579. The first-order valence-electron chi connectivity index (χ1n) is 9.01. The van der Waals surface area contributed by atoms with Crippen LogP contribution in [0.25, 0.3) is 0 Å². The average Bonchev–Trinajstić information content (AvgIpc) is 2.99. The quantitative estimate of drug-likeness (QED) is 0.896. The van der Waals surface area contributed by atoms with Gasteiger partial charge in [0.15, 0.2) is 0 Å². The zero-order valence-corrected chi connectivity index (χ0v) is 15.6. The van der Waals surface area contributed by atoms with Gasteiger partial charge in [-0.3, -0.25) is 4.79 Å². The zero-order valence-electron chi connectivity index (χ0n) is 15.6. The van der Waals surface area contributed by atoms with Crippen molar-refractivity contribution in [1.82, 2.24) is 9.80 Å². The summed E-state index contributed by atoms with van der Waals surface area (Å²) in [5.41, 5.74) is 2.69. The second-order valence-corrected chi connectivity index (χ2v) is 7.37. The Hall–Kier alpha value is -2.08. The van der Waals surface area contributed by atoms with Gasteiger partial charge in [0.05, 0.1) is 11.4 Å². The number of nitrogens with one attached hydrogen (secondary N) is 1. The van der Waals surface area contributed by atoms with Gasteiger partial charge in [0.25, 0.3) is 0 Å². The van der Waals surface area contributed by atoms with Gasteiger partial charge in [-0.1, -0.05) is 19.1 Å². The Balaban J connectivity index is 1.76. The molecule has 6 heteroatoms. The number of likely N-dealkylation sites (tertiary alicyclic amines) is 1. The van der Waals surface area contributed by atoms with E-state index in [4.69, 9.17) is 0 Å². The third-order valence-corrected chi connectivity index (χ3v) is 5.50. The van der Waals surface area contributed by atoms with Crippen LogP contribution < -0.4 is 10.2 Å². The lowest BCUT2D eigenvalue weighted by atomic mass is 9.93. The Bertz CT molecular complexity index is 675. The summed E-state index contributed by atoms with van der Waals surface area (Å²) >= 11 is 0. The number of hydrogen-bond donors (Lipinski definition) is 1. The van der Waals surface area contributed by atoms with Crippen molar-refractivity contribution in [3.8, 4) is 0 Å². The van der Waals surface area contributed by atoms with E-state index in [-0.39, 0.29) is 18.0 Å². The predicted molar refractivity (Wildman–Crippen MR) is 100 cm³/mol. The molecule has 1 fully saturated rings. The molecule has 0 spiro atoms. The third-order valence-electron chi connectivity index (χ3n) is 5.50. The molecule has 0 unspecified atom stereocenters. The molecule has 2 atom stereocenters. The Morgan fingerprint density at radius 1 is 1.28 bits per heavy atom. The average molecular weight is 344 g/mol. The number of carbonyl (C=O) groups excluding carboxylic acids is 2. The van der Waals surface area contributed by atoms with Crippen molar-refractivity contribution in [3.63, 3.8) is 0 Å². The molecule has 2 aliphatic rings. The molecule has 1 aromatic rings. The van der Waals surface area contributed by atoms with Gasteiger partial charge in [-0.25, -0.2) is 4.79 Å². The van der Waals surface area contributed by atoms with Crippen LogP contribution in [0.4, 0.5) is 16.2 Å². The smallest absolute Gasteiger partial charge is 0.321 e. The Morgan fingerprint density at radius 2 is 2.04 bits per heavy atom. The van der Waals surface area contributed by atoms with Crippen LogP contribution in [-0.2, 0) is 11.2 Å². The maximum atomic E-state index is 12.8. The summed E-state index contributed by atoms with van der Waals surface area (Å²) in [4.78, 5) is 30.6. The summed E-state index contributed by atoms with van der Waals surface area (Å²) in [6.45, 7) is 6.45. The molecule has 3 amide bonds. The van der Waals surface area contributed by atoms with E-state index in [1.54, 1.807) is 11.8 Å². The van der Waals surface area contributed by atoms with Gasteiger partial charge in [0, 0.05) is 33.1 Å².